The Hall–Kier alpha value is -3.74. The van der Waals surface area contributed by atoms with Gasteiger partial charge in [-0.1, -0.05) is 30.3 Å². The lowest BCUT2D eigenvalue weighted by atomic mass is 10.1. The van der Waals surface area contributed by atoms with Crippen LogP contribution in [0.5, 0.6) is 17.2 Å². The minimum absolute atomic E-state index is 0.0587. The molecule has 1 unspecified atom stereocenters. The molecule has 1 aromatic heterocycles. The van der Waals surface area contributed by atoms with Crippen molar-refractivity contribution < 1.29 is 23.4 Å². The van der Waals surface area contributed by atoms with Crippen molar-refractivity contribution in [1.82, 2.24) is 5.32 Å². The third kappa shape index (κ3) is 4.40. The molecule has 1 aliphatic rings. The van der Waals surface area contributed by atoms with Gasteiger partial charge >= 0.3 is 0 Å². The van der Waals surface area contributed by atoms with Crippen LogP contribution in [0.1, 0.15) is 39.7 Å². The van der Waals surface area contributed by atoms with Crippen molar-refractivity contribution in [2.75, 3.05) is 14.2 Å². The fraction of sp³-hybridized carbons (Fsp3) is 0.250. The average Bonchev–Trinajstić information content (AvgIpc) is 3.19. The van der Waals surface area contributed by atoms with Gasteiger partial charge in [-0.05, 0) is 41.7 Å². The summed E-state index contributed by atoms with van der Waals surface area (Å²) in [6.45, 7) is 0.237. The summed E-state index contributed by atoms with van der Waals surface area (Å²) in [6.07, 6.45) is 2.72. The normalized spacial score (nSPS) is 14.6. The topological polar surface area (TPSA) is 87.0 Å². The van der Waals surface area contributed by atoms with E-state index >= 15 is 0 Å². The van der Waals surface area contributed by atoms with Crippen LogP contribution in [0.2, 0.25) is 0 Å². The van der Waals surface area contributed by atoms with Crippen LogP contribution >= 0.6 is 0 Å². The minimum atomic E-state index is -0.459. The first kappa shape index (κ1) is 20.5. The molecule has 3 aromatic rings. The fourth-order valence-electron chi connectivity index (χ4n) is 3.67. The first-order valence-electron chi connectivity index (χ1n) is 9.94. The summed E-state index contributed by atoms with van der Waals surface area (Å²) in [7, 11) is 3.16. The van der Waals surface area contributed by atoms with E-state index in [4.69, 9.17) is 18.6 Å². The van der Waals surface area contributed by atoms with Crippen molar-refractivity contribution in [1.29, 1.82) is 0 Å². The number of rotatable bonds is 7. The molecule has 0 aliphatic heterocycles. The largest absolute Gasteiger partial charge is 0.493 e. The molecule has 0 radical (unpaired) electrons. The van der Waals surface area contributed by atoms with Gasteiger partial charge in [-0.25, -0.2) is 0 Å². The number of carbonyl (C=O) groups is 1. The van der Waals surface area contributed by atoms with Gasteiger partial charge in [-0.3, -0.25) is 9.59 Å². The maximum absolute atomic E-state index is 12.7. The second kappa shape index (κ2) is 8.95. The Morgan fingerprint density at radius 2 is 1.81 bits per heavy atom. The maximum Gasteiger partial charge on any atom is 0.287 e. The van der Waals surface area contributed by atoms with Crippen molar-refractivity contribution >= 4 is 5.91 Å². The Balaban J connectivity index is 1.45. The third-order valence-corrected chi connectivity index (χ3v) is 5.29. The molecule has 0 bridgehead atoms. The first-order valence-corrected chi connectivity index (χ1v) is 9.94. The molecule has 4 rings (SSSR count). The van der Waals surface area contributed by atoms with E-state index in [0.29, 0.717) is 11.5 Å². The summed E-state index contributed by atoms with van der Waals surface area (Å²) in [5.74, 6) is 0.799. The Kier molecular flexibility index (Phi) is 5.93. The van der Waals surface area contributed by atoms with Crippen molar-refractivity contribution in [3.63, 3.8) is 0 Å². The Morgan fingerprint density at radius 1 is 1.06 bits per heavy atom. The van der Waals surface area contributed by atoms with Gasteiger partial charge in [0.05, 0.1) is 20.3 Å². The first-order chi connectivity index (χ1) is 15.1. The van der Waals surface area contributed by atoms with Crippen molar-refractivity contribution in [3.8, 4) is 17.2 Å². The van der Waals surface area contributed by atoms with E-state index in [2.05, 4.69) is 5.32 Å². The van der Waals surface area contributed by atoms with Crippen molar-refractivity contribution in [3.05, 3.63) is 87.5 Å². The number of nitrogens with one attached hydrogen (secondary N) is 1. The number of amides is 1. The van der Waals surface area contributed by atoms with E-state index in [1.165, 1.54) is 6.26 Å². The molecule has 1 heterocycles. The average molecular weight is 421 g/mol. The smallest absolute Gasteiger partial charge is 0.287 e. The lowest BCUT2D eigenvalue weighted by molar-refractivity contribution is 0.0905. The van der Waals surface area contributed by atoms with Gasteiger partial charge in [0, 0.05) is 6.07 Å². The number of hydrogen-bond acceptors (Lipinski definition) is 6. The Morgan fingerprint density at radius 3 is 2.52 bits per heavy atom. The highest BCUT2D eigenvalue weighted by Gasteiger charge is 2.27. The molecule has 1 atom stereocenters. The van der Waals surface area contributed by atoms with Gasteiger partial charge in [0.15, 0.2) is 17.3 Å². The SMILES string of the molecule is COc1cc2c(cc1OC)C(NC(=O)c1cc(=O)c(OCc3ccccc3)co1)CC2. The number of carbonyl (C=O) groups excluding carboxylic acids is 1. The van der Waals surface area contributed by atoms with E-state index in [1.807, 2.05) is 42.5 Å². The molecular formula is C24H23NO6. The maximum atomic E-state index is 12.7. The van der Waals surface area contributed by atoms with Crippen molar-refractivity contribution in [2.24, 2.45) is 0 Å². The van der Waals surface area contributed by atoms with E-state index in [-0.39, 0.29) is 24.2 Å². The molecular weight excluding hydrogens is 398 g/mol. The molecule has 0 saturated heterocycles. The van der Waals surface area contributed by atoms with Gasteiger partial charge in [-0.2, -0.15) is 0 Å². The van der Waals surface area contributed by atoms with Crippen LogP contribution < -0.4 is 25.0 Å². The predicted molar refractivity (Wildman–Crippen MR) is 114 cm³/mol. The number of ether oxygens (including phenoxy) is 3. The number of aryl methyl sites for hydroxylation is 1. The summed E-state index contributed by atoms with van der Waals surface area (Å²) in [4.78, 5) is 25.1. The minimum Gasteiger partial charge on any atom is -0.493 e. The van der Waals surface area contributed by atoms with Crippen LogP contribution in [-0.4, -0.2) is 20.1 Å². The number of benzene rings is 2. The van der Waals surface area contributed by atoms with Crippen LogP contribution in [-0.2, 0) is 13.0 Å². The zero-order valence-electron chi connectivity index (χ0n) is 17.3. The highest BCUT2D eigenvalue weighted by Crippen LogP contribution is 2.39. The zero-order valence-corrected chi connectivity index (χ0v) is 17.3. The molecule has 1 N–H and O–H groups in total. The molecule has 1 aliphatic carbocycles. The molecule has 7 nitrogen and oxygen atoms in total. The molecule has 0 saturated carbocycles. The Bertz CT molecular complexity index is 1140. The quantitative estimate of drug-likeness (QED) is 0.627. The lowest BCUT2D eigenvalue weighted by Gasteiger charge is -2.16. The second-order valence-electron chi connectivity index (χ2n) is 7.22. The highest BCUT2D eigenvalue weighted by atomic mass is 16.5. The number of methoxy groups -OCH3 is 2. The molecule has 1 amide bonds. The van der Waals surface area contributed by atoms with Crippen LogP contribution in [0.4, 0.5) is 0 Å². The lowest BCUT2D eigenvalue weighted by Crippen LogP contribution is -2.28. The van der Waals surface area contributed by atoms with Crippen LogP contribution in [0.15, 0.2) is 64.0 Å². The van der Waals surface area contributed by atoms with E-state index in [0.717, 1.165) is 35.6 Å². The summed E-state index contributed by atoms with van der Waals surface area (Å²) in [6, 6.07) is 14.2. The molecule has 31 heavy (non-hydrogen) atoms. The number of hydrogen-bond donors (Lipinski definition) is 1. The fourth-order valence-corrected chi connectivity index (χ4v) is 3.67. The molecule has 7 heteroatoms. The van der Waals surface area contributed by atoms with E-state index < -0.39 is 11.3 Å². The van der Waals surface area contributed by atoms with Gasteiger partial charge in [0.2, 0.25) is 11.2 Å². The van der Waals surface area contributed by atoms with E-state index in [9.17, 15) is 9.59 Å². The third-order valence-electron chi connectivity index (χ3n) is 5.29. The van der Waals surface area contributed by atoms with Crippen molar-refractivity contribution in [2.45, 2.75) is 25.5 Å². The molecule has 160 valence electrons. The monoisotopic (exact) mass is 421 g/mol. The van der Waals surface area contributed by atoms with Gasteiger partial charge in [0.1, 0.15) is 12.9 Å². The molecule has 2 aromatic carbocycles. The summed E-state index contributed by atoms with van der Waals surface area (Å²) < 4.78 is 21.6. The molecule has 0 spiro atoms. The van der Waals surface area contributed by atoms with Crippen LogP contribution in [0, 0.1) is 0 Å². The summed E-state index contributed by atoms with van der Waals surface area (Å²) in [5, 5.41) is 2.94. The van der Waals surface area contributed by atoms with Gasteiger partial charge < -0.3 is 23.9 Å². The van der Waals surface area contributed by atoms with Gasteiger partial charge in [0.25, 0.3) is 5.91 Å². The van der Waals surface area contributed by atoms with E-state index in [1.54, 1.807) is 14.2 Å². The summed E-state index contributed by atoms with van der Waals surface area (Å²) >= 11 is 0. The van der Waals surface area contributed by atoms with Crippen LogP contribution in [0.3, 0.4) is 0 Å². The van der Waals surface area contributed by atoms with Crippen LogP contribution in [0.25, 0.3) is 0 Å². The second-order valence-corrected chi connectivity index (χ2v) is 7.22. The zero-order chi connectivity index (χ0) is 21.8. The van der Waals surface area contributed by atoms with Gasteiger partial charge in [-0.15, -0.1) is 0 Å². The molecule has 0 fully saturated rings. The number of fused-ring (bicyclic) bond motifs is 1. The highest BCUT2D eigenvalue weighted by molar-refractivity contribution is 5.91. The standard InChI is InChI=1S/C24H23NO6/c1-28-20-10-16-8-9-18(17(16)11-21(20)29-2)25-24(27)22-12-19(26)23(14-31-22)30-13-15-6-4-3-5-7-15/h3-7,10-12,14,18H,8-9,13H2,1-2H3,(H,25,27). The Labute approximate surface area is 179 Å². The summed E-state index contributed by atoms with van der Waals surface area (Å²) in [5.41, 5.74) is 2.58. The predicted octanol–water partition coefficient (Wildman–Crippen LogP) is 3.65.